The minimum Gasteiger partial charge on any atom is -0.507 e. The molecule has 0 aliphatic rings. The maximum absolute atomic E-state index is 12.4. The summed E-state index contributed by atoms with van der Waals surface area (Å²) in [7, 11) is 0. The van der Waals surface area contributed by atoms with E-state index in [0.717, 1.165) is 4.90 Å². The fourth-order valence-electron chi connectivity index (χ4n) is 2.30. The van der Waals surface area contributed by atoms with Gasteiger partial charge in [0.05, 0.1) is 12.3 Å². The van der Waals surface area contributed by atoms with E-state index in [0.29, 0.717) is 5.57 Å². The second-order valence-electron chi connectivity index (χ2n) is 5.70. The first kappa shape index (κ1) is 21.7. The number of esters is 1. The summed E-state index contributed by atoms with van der Waals surface area (Å²) < 4.78 is 4.87. The standard InChI is InChI=1S/C18H22N2O7/c1-5-27-18(26)13-8-12(6-7-14(13)22)20(11(4)21)16(10(2)3)17(25)19-9-15(23)24/h6-8,22H,5,9H2,1-4H3,(H,19,25)(H,23,24). The molecule has 0 aliphatic heterocycles. The molecule has 9 heteroatoms. The van der Waals surface area contributed by atoms with Crippen molar-refractivity contribution in [2.45, 2.75) is 27.7 Å². The quantitative estimate of drug-likeness (QED) is 0.482. The van der Waals surface area contributed by atoms with Gasteiger partial charge in [-0.3, -0.25) is 19.3 Å². The zero-order chi connectivity index (χ0) is 20.7. The molecule has 0 unspecified atom stereocenters. The molecule has 3 N–H and O–H groups in total. The maximum atomic E-state index is 12.4. The van der Waals surface area contributed by atoms with Crippen molar-refractivity contribution in [3.05, 3.63) is 35.0 Å². The smallest absolute Gasteiger partial charge is 0.341 e. The van der Waals surface area contributed by atoms with Crippen LogP contribution in [0.25, 0.3) is 0 Å². The zero-order valence-electron chi connectivity index (χ0n) is 15.5. The number of phenols is 1. The lowest BCUT2D eigenvalue weighted by atomic mass is 10.1. The number of carboxylic acid groups (broad SMARTS) is 1. The van der Waals surface area contributed by atoms with E-state index in [4.69, 9.17) is 9.84 Å². The lowest BCUT2D eigenvalue weighted by Crippen LogP contribution is -2.40. The Morgan fingerprint density at radius 3 is 2.26 bits per heavy atom. The van der Waals surface area contributed by atoms with Crippen LogP contribution in [0.2, 0.25) is 0 Å². The van der Waals surface area contributed by atoms with Crippen molar-refractivity contribution in [3.8, 4) is 5.75 Å². The minimum absolute atomic E-state index is 0.0794. The Morgan fingerprint density at radius 2 is 1.78 bits per heavy atom. The van der Waals surface area contributed by atoms with E-state index < -0.39 is 30.3 Å². The van der Waals surface area contributed by atoms with Crippen LogP contribution in [-0.4, -0.2) is 47.1 Å². The first-order valence-electron chi connectivity index (χ1n) is 8.08. The van der Waals surface area contributed by atoms with Crippen LogP contribution in [0, 0.1) is 0 Å². The second kappa shape index (κ2) is 9.37. The van der Waals surface area contributed by atoms with Gasteiger partial charge in [0.2, 0.25) is 5.91 Å². The summed E-state index contributed by atoms with van der Waals surface area (Å²) in [6.45, 7) is 5.45. The number of carbonyl (C=O) groups excluding carboxylic acids is 3. The van der Waals surface area contributed by atoms with Crippen molar-refractivity contribution in [2.75, 3.05) is 18.1 Å². The molecule has 0 atom stereocenters. The molecule has 0 spiro atoms. The third-order valence-electron chi connectivity index (χ3n) is 3.36. The molecule has 9 nitrogen and oxygen atoms in total. The maximum Gasteiger partial charge on any atom is 0.341 e. The summed E-state index contributed by atoms with van der Waals surface area (Å²) in [5.41, 5.74) is 0.341. The van der Waals surface area contributed by atoms with Gasteiger partial charge in [-0.25, -0.2) is 4.79 Å². The molecule has 0 saturated heterocycles. The van der Waals surface area contributed by atoms with Crippen LogP contribution in [0.5, 0.6) is 5.75 Å². The van der Waals surface area contributed by atoms with Crippen LogP contribution >= 0.6 is 0 Å². The van der Waals surface area contributed by atoms with Crippen molar-refractivity contribution in [3.63, 3.8) is 0 Å². The lowest BCUT2D eigenvalue weighted by Gasteiger charge is -2.25. The Balaban J connectivity index is 3.42. The molecule has 1 rings (SSSR count). The van der Waals surface area contributed by atoms with Gasteiger partial charge in [-0.05, 0) is 44.5 Å². The number of carboxylic acids is 1. The van der Waals surface area contributed by atoms with E-state index in [2.05, 4.69) is 5.32 Å². The van der Waals surface area contributed by atoms with Gasteiger partial charge in [0.1, 0.15) is 23.6 Å². The van der Waals surface area contributed by atoms with E-state index in [1.165, 1.54) is 25.1 Å². The number of ether oxygens (including phenoxy) is 1. The Morgan fingerprint density at radius 1 is 1.15 bits per heavy atom. The summed E-state index contributed by atoms with van der Waals surface area (Å²) in [4.78, 5) is 48.4. The number of hydrogen-bond acceptors (Lipinski definition) is 6. The van der Waals surface area contributed by atoms with E-state index in [9.17, 15) is 24.3 Å². The number of hydrogen-bond donors (Lipinski definition) is 3. The Kier molecular flexibility index (Phi) is 7.52. The highest BCUT2D eigenvalue weighted by Gasteiger charge is 2.26. The van der Waals surface area contributed by atoms with Gasteiger partial charge in [0.15, 0.2) is 0 Å². The zero-order valence-corrected chi connectivity index (χ0v) is 15.5. The van der Waals surface area contributed by atoms with Gasteiger partial charge < -0.3 is 20.3 Å². The van der Waals surface area contributed by atoms with Crippen molar-refractivity contribution in [1.82, 2.24) is 5.32 Å². The summed E-state index contributed by atoms with van der Waals surface area (Å²) >= 11 is 0. The number of carbonyl (C=O) groups is 4. The normalized spacial score (nSPS) is 9.93. The largest absolute Gasteiger partial charge is 0.507 e. The molecule has 0 aromatic heterocycles. The summed E-state index contributed by atoms with van der Waals surface area (Å²) in [5, 5.41) is 20.8. The topological polar surface area (TPSA) is 133 Å². The van der Waals surface area contributed by atoms with Gasteiger partial charge in [0.25, 0.3) is 5.91 Å². The third kappa shape index (κ3) is 5.56. The number of aromatic hydroxyl groups is 1. The number of phenolic OH excluding ortho intramolecular Hbond substituents is 1. The van der Waals surface area contributed by atoms with Gasteiger partial charge in [-0.15, -0.1) is 0 Å². The van der Waals surface area contributed by atoms with Crippen LogP contribution in [-0.2, 0) is 19.1 Å². The van der Waals surface area contributed by atoms with E-state index in [1.54, 1.807) is 20.8 Å². The van der Waals surface area contributed by atoms with Crippen molar-refractivity contribution in [2.24, 2.45) is 0 Å². The Hall–Kier alpha value is -3.36. The SMILES string of the molecule is CCOC(=O)c1cc(N(C(C)=O)C(C(=O)NCC(=O)O)=C(C)C)ccc1O. The highest BCUT2D eigenvalue weighted by atomic mass is 16.5. The highest BCUT2D eigenvalue weighted by molar-refractivity contribution is 6.09. The molecule has 0 fully saturated rings. The third-order valence-corrected chi connectivity index (χ3v) is 3.36. The minimum atomic E-state index is -1.24. The second-order valence-corrected chi connectivity index (χ2v) is 5.70. The van der Waals surface area contributed by atoms with Gasteiger partial charge >= 0.3 is 11.9 Å². The predicted molar refractivity (Wildman–Crippen MR) is 96.2 cm³/mol. The van der Waals surface area contributed by atoms with Crippen molar-refractivity contribution >= 4 is 29.4 Å². The fraction of sp³-hybridized carbons (Fsp3) is 0.333. The van der Waals surface area contributed by atoms with Gasteiger partial charge in [-0.1, -0.05) is 0 Å². The van der Waals surface area contributed by atoms with Crippen LogP contribution < -0.4 is 10.2 Å². The number of amides is 2. The number of anilines is 1. The highest BCUT2D eigenvalue weighted by Crippen LogP contribution is 2.28. The number of rotatable bonds is 7. The molecule has 0 heterocycles. The number of benzene rings is 1. The Bertz CT molecular complexity index is 795. The van der Waals surface area contributed by atoms with Crippen molar-refractivity contribution < 1.29 is 34.1 Å². The monoisotopic (exact) mass is 378 g/mol. The predicted octanol–water partition coefficient (Wildman–Crippen LogP) is 1.42. The first-order chi connectivity index (χ1) is 12.6. The molecular weight excluding hydrogens is 356 g/mol. The van der Waals surface area contributed by atoms with Crippen molar-refractivity contribution in [1.29, 1.82) is 0 Å². The first-order valence-corrected chi connectivity index (χ1v) is 8.08. The Labute approximate surface area is 156 Å². The van der Waals surface area contributed by atoms with Crippen LogP contribution in [0.3, 0.4) is 0 Å². The summed E-state index contributed by atoms with van der Waals surface area (Å²) in [6, 6.07) is 3.78. The lowest BCUT2D eigenvalue weighted by molar-refractivity contribution is -0.137. The molecule has 27 heavy (non-hydrogen) atoms. The molecular formula is C18H22N2O7. The molecule has 0 radical (unpaired) electrons. The number of nitrogens with zero attached hydrogens (tertiary/aromatic N) is 1. The van der Waals surface area contributed by atoms with E-state index >= 15 is 0 Å². The van der Waals surface area contributed by atoms with E-state index in [-0.39, 0.29) is 29.3 Å². The molecule has 0 aliphatic carbocycles. The summed E-state index contributed by atoms with van der Waals surface area (Å²) in [6.07, 6.45) is 0. The van der Waals surface area contributed by atoms with Gasteiger partial charge in [0, 0.05) is 6.92 Å². The molecule has 1 aromatic rings. The average molecular weight is 378 g/mol. The van der Waals surface area contributed by atoms with E-state index in [1.807, 2.05) is 0 Å². The number of aliphatic carboxylic acids is 1. The van der Waals surface area contributed by atoms with Gasteiger partial charge in [-0.2, -0.15) is 0 Å². The van der Waals surface area contributed by atoms with Crippen LogP contribution in [0.15, 0.2) is 29.5 Å². The summed E-state index contributed by atoms with van der Waals surface area (Å²) in [5.74, 6) is -3.67. The average Bonchev–Trinajstić information content (AvgIpc) is 2.57. The van der Waals surface area contributed by atoms with Crippen LogP contribution in [0.1, 0.15) is 38.1 Å². The number of nitrogens with one attached hydrogen (secondary N) is 1. The molecule has 2 amide bonds. The molecule has 1 aromatic carbocycles. The molecule has 0 saturated carbocycles. The fourth-order valence-corrected chi connectivity index (χ4v) is 2.30. The molecule has 146 valence electrons. The molecule has 0 bridgehead atoms. The number of allylic oxidation sites excluding steroid dienone is 1. The van der Waals surface area contributed by atoms with Crippen LogP contribution in [0.4, 0.5) is 5.69 Å².